The quantitative estimate of drug-likeness (QED) is 0.264. The van der Waals surface area contributed by atoms with Crippen molar-refractivity contribution in [3.8, 4) is 0 Å². The van der Waals surface area contributed by atoms with E-state index in [1.54, 1.807) is 0 Å². The molecule has 19 heavy (non-hydrogen) atoms. The minimum absolute atomic E-state index is 0.125. The molecule has 7 N–H and O–H groups in total. The summed E-state index contributed by atoms with van der Waals surface area (Å²) in [6.07, 6.45) is -7.56. The molecule has 1 saturated carbocycles. The van der Waals surface area contributed by atoms with Gasteiger partial charge in [0.25, 0.3) is 0 Å². The number of aliphatic hydroxyl groups is 6. The van der Waals surface area contributed by atoms with Gasteiger partial charge in [-0.1, -0.05) is 0 Å². The molecule has 2 aliphatic rings. The molecule has 9 nitrogen and oxygen atoms in total. The highest BCUT2D eigenvalue weighted by atomic mass is 16.6. The number of nitrogens with one attached hydrogen (secondary N) is 1. The number of carbonyl (C=O) groups is 1. The number of ether oxygens (including phenoxy) is 1. The zero-order chi connectivity index (χ0) is 14.3. The van der Waals surface area contributed by atoms with Crippen LogP contribution in [0.5, 0.6) is 0 Å². The van der Waals surface area contributed by atoms with Gasteiger partial charge in [-0.15, -0.1) is 0 Å². The highest BCUT2D eigenvalue weighted by molar-refractivity contribution is 5.69. The van der Waals surface area contributed by atoms with Crippen LogP contribution in [0.1, 0.15) is 6.42 Å². The van der Waals surface area contributed by atoms with Crippen molar-refractivity contribution in [2.45, 2.75) is 37.4 Å². The molecule has 0 aromatic carbocycles. The summed E-state index contributed by atoms with van der Waals surface area (Å²) < 4.78 is 4.88. The molecule has 1 aliphatic heterocycles. The Labute approximate surface area is 108 Å². The van der Waals surface area contributed by atoms with Gasteiger partial charge in [0, 0.05) is 24.3 Å². The normalized spacial score (nSPS) is 38.6. The van der Waals surface area contributed by atoms with Crippen LogP contribution in [0, 0.1) is 17.8 Å². The highest BCUT2D eigenvalue weighted by Crippen LogP contribution is 2.42. The molecule has 1 saturated heterocycles. The van der Waals surface area contributed by atoms with Crippen LogP contribution in [-0.2, 0) is 4.74 Å². The van der Waals surface area contributed by atoms with E-state index in [1.807, 2.05) is 0 Å². The number of alkyl carbamates (subject to hydrolysis) is 1. The fourth-order valence-corrected chi connectivity index (χ4v) is 3.14. The van der Waals surface area contributed by atoms with Crippen molar-refractivity contribution in [3.63, 3.8) is 0 Å². The highest BCUT2D eigenvalue weighted by Gasteiger charge is 2.55. The Balaban J connectivity index is 2.37. The van der Waals surface area contributed by atoms with E-state index in [-0.39, 0.29) is 6.42 Å². The number of amides is 1. The molecular weight excluding hydrogens is 262 g/mol. The monoisotopic (exact) mass is 279 g/mol. The average molecular weight is 279 g/mol. The summed E-state index contributed by atoms with van der Waals surface area (Å²) in [6, 6.07) is -0.743. The van der Waals surface area contributed by atoms with Crippen LogP contribution < -0.4 is 5.32 Å². The van der Waals surface area contributed by atoms with Gasteiger partial charge in [0.15, 0.2) is 18.9 Å². The third-order valence-corrected chi connectivity index (χ3v) is 3.86. The first-order valence-corrected chi connectivity index (χ1v) is 5.88. The Morgan fingerprint density at radius 1 is 0.947 bits per heavy atom. The van der Waals surface area contributed by atoms with Crippen LogP contribution in [0.25, 0.3) is 0 Å². The summed E-state index contributed by atoms with van der Waals surface area (Å²) in [5.41, 5.74) is 0. The Kier molecular flexibility index (Phi) is 3.95. The lowest BCUT2D eigenvalue weighted by Gasteiger charge is -2.50. The summed E-state index contributed by atoms with van der Waals surface area (Å²) in [4.78, 5) is 11.3. The van der Waals surface area contributed by atoms with Gasteiger partial charge < -0.3 is 40.7 Å². The van der Waals surface area contributed by atoms with Crippen molar-refractivity contribution in [2.24, 2.45) is 17.8 Å². The second-order valence-corrected chi connectivity index (χ2v) is 4.90. The molecule has 2 rings (SSSR count). The summed E-state index contributed by atoms with van der Waals surface area (Å²) in [6.45, 7) is 0. The molecule has 1 aliphatic carbocycles. The molecule has 1 heterocycles. The van der Waals surface area contributed by atoms with Crippen molar-refractivity contribution in [3.05, 3.63) is 0 Å². The van der Waals surface area contributed by atoms with E-state index < -0.39 is 54.9 Å². The minimum Gasteiger partial charge on any atom is -0.446 e. The summed E-state index contributed by atoms with van der Waals surface area (Å²) in [7, 11) is 0. The van der Waals surface area contributed by atoms with Crippen molar-refractivity contribution in [2.75, 3.05) is 0 Å². The van der Waals surface area contributed by atoms with Crippen LogP contribution >= 0.6 is 0 Å². The lowest BCUT2D eigenvalue weighted by atomic mass is 9.66. The molecule has 5 atom stereocenters. The summed E-state index contributed by atoms with van der Waals surface area (Å²) in [5, 5.41) is 58.6. The van der Waals surface area contributed by atoms with Gasteiger partial charge in [0.05, 0.1) is 5.92 Å². The molecular formula is C10H17NO8. The molecule has 110 valence electrons. The van der Waals surface area contributed by atoms with Gasteiger partial charge in [-0.3, -0.25) is 0 Å². The maximum atomic E-state index is 11.3. The molecule has 2 fully saturated rings. The van der Waals surface area contributed by atoms with E-state index in [0.717, 1.165) is 0 Å². The first kappa shape index (κ1) is 14.4. The van der Waals surface area contributed by atoms with Crippen molar-refractivity contribution in [1.29, 1.82) is 0 Å². The van der Waals surface area contributed by atoms with Gasteiger partial charge in [-0.05, 0) is 0 Å². The van der Waals surface area contributed by atoms with E-state index >= 15 is 0 Å². The van der Waals surface area contributed by atoms with Crippen molar-refractivity contribution >= 4 is 6.09 Å². The fraction of sp³-hybridized carbons (Fsp3) is 0.900. The van der Waals surface area contributed by atoms with E-state index in [2.05, 4.69) is 5.32 Å². The lowest BCUT2D eigenvalue weighted by Crippen LogP contribution is -2.65. The average Bonchev–Trinajstić information content (AvgIpc) is 2.25. The van der Waals surface area contributed by atoms with Gasteiger partial charge in [0.2, 0.25) is 0 Å². The Bertz CT molecular complexity index is 320. The Hall–Kier alpha value is -0.970. The fourth-order valence-electron chi connectivity index (χ4n) is 3.14. The number of hydrogen-bond donors (Lipinski definition) is 7. The number of rotatable bonds is 3. The van der Waals surface area contributed by atoms with Crippen LogP contribution in [0.15, 0.2) is 0 Å². The van der Waals surface area contributed by atoms with E-state index in [4.69, 9.17) is 4.74 Å². The maximum absolute atomic E-state index is 11.3. The standard InChI is InChI=1S/C10H17NO8/c12-7(13)4-2-1-3(19-10(18)11-2)5(8(14)15)6(4)9(16)17/h2-9,12-17H,1H2,(H,11,18). The van der Waals surface area contributed by atoms with Crippen LogP contribution in [0.2, 0.25) is 0 Å². The largest absolute Gasteiger partial charge is 0.446 e. The predicted molar refractivity (Wildman–Crippen MR) is 57.0 cm³/mol. The zero-order valence-electron chi connectivity index (χ0n) is 9.83. The summed E-state index contributed by atoms with van der Waals surface area (Å²) >= 11 is 0. The van der Waals surface area contributed by atoms with Gasteiger partial charge in [-0.2, -0.15) is 0 Å². The molecule has 9 heteroatoms. The Morgan fingerprint density at radius 2 is 1.47 bits per heavy atom. The van der Waals surface area contributed by atoms with Crippen molar-refractivity contribution in [1.82, 2.24) is 5.32 Å². The van der Waals surface area contributed by atoms with Crippen molar-refractivity contribution < 1.29 is 40.2 Å². The van der Waals surface area contributed by atoms with E-state index in [0.29, 0.717) is 0 Å². The number of fused-ring (bicyclic) bond motifs is 2. The smallest absolute Gasteiger partial charge is 0.407 e. The van der Waals surface area contributed by atoms with Crippen LogP contribution in [0.4, 0.5) is 4.79 Å². The van der Waals surface area contributed by atoms with E-state index in [9.17, 15) is 35.4 Å². The van der Waals surface area contributed by atoms with Gasteiger partial charge in [0.1, 0.15) is 6.10 Å². The molecule has 0 radical (unpaired) electrons. The zero-order valence-corrected chi connectivity index (χ0v) is 9.83. The Morgan fingerprint density at radius 3 is 1.95 bits per heavy atom. The first-order chi connectivity index (χ1) is 8.82. The molecule has 0 aromatic heterocycles. The second kappa shape index (κ2) is 5.19. The molecule has 5 unspecified atom stereocenters. The third-order valence-electron chi connectivity index (χ3n) is 3.86. The lowest BCUT2D eigenvalue weighted by molar-refractivity contribution is -0.252. The van der Waals surface area contributed by atoms with Crippen LogP contribution in [-0.4, -0.2) is 67.7 Å². The SMILES string of the molecule is O=C1NC2CC(O1)C(C(O)O)C(C(O)O)C2C(O)O. The first-order valence-electron chi connectivity index (χ1n) is 5.88. The van der Waals surface area contributed by atoms with Gasteiger partial charge in [-0.25, -0.2) is 4.79 Å². The number of hydrogen-bond acceptors (Lipinski definition) is 8. The van der Waals surface area contributed by atoms with Gasteiger partial charge >= 0.3 is 6.09 Å². The molecule has 1 amide bonds. The predicted octanol–water partition coefficient (Wildman–Crippen LogP) is -3.35. The minimum atomic E-state index is -2.01. The number of carbonyl (C=O) groups excluding carboxylic acids is 1. The number of aliphatic hydroxyl groups excluding tert-OH is 3. The second-order valence-electron chi connectivity index (χ2n) is 4.90. The molecule has 0 spiro atoms. The maximum Gasteiger partial charge on any atom is 0.407 e. The third kappa shape index (κ3) is 2.53. The summed E-state index contributed by atoms with van der Waals surface area (Å²) in [5.74, 6) is -3.62. The topological polar surface area (TPSA) is 160 Å². The van der Waals surface area contributed by atoms with E-state index in [1.165, 1.54) is 0 Å². The molecule has 2 bridgehead atoms. The van der Waals surface area contributed by atoms with Crippen LogP contribution in [0.3, 0.4) is 0 Å². The molecule has 0 aromatic rings.